The standard InChI is InChI=1S/C21H27NO5/c1-11(2)7-17(21(24)25)22-18(23)8-12(3)15-9-16-13(4)10-27-20(16)14(5)19(15)26-6/h8-11,17H,7H2,1-6H3,(H,22,23)(H,24,25)/b12-8+. The second-order valence-electron chi connectivity index (χ2n) is 7.23. The van der Waals surface area contributed by atoms with Crippen LogP contribution in [0.5, 0.6) is 5.75 Å². The summed E-state index contributed by atoms with van der Waals surface area (Å²) in [4.78, 5) is 23.7. The van der Waals surface area contributed by atoms with E-state index in [0.717, 1.165) is 27.7 Å². The van der Waals surface area contributed by atoms with Crippen molar-refractivity contribution >= 4 is 28.4 Å². The number of ether oxygens (including phenoxy) is 1. The molecule has 0 bridgehead atoms. The van der Waals surface area contributed by atoms with Gasteiger partial charge in [-0.15, -0.1) is 0 Å². The second-order valence-corrected chi connectivity index (χ2v) is 7.23. The van der Waals surface area contributed by atoms with Gasteiger partial charge in [-0.25, -0.2) is 4.79 Å². The molecule has 27 heavy (non-hydrogen) atoms. The third-order valence-corrected chi connectivity index (χ3v) is 4.54. The van der Waals surface area contributed by atoms with Gasteiger partial charge < -0.3 is 19.6 Å². The lowest BCUT2D eigenvalue weighted by atomic mass is 9.98. The summed E-state index contributed by atoms with van der Waals surface area (Å²) in [5, 5.41) is 12.8. The quantitative estimate of drug-likeness (QED) is 0.714. The van der Waals surface area contributed by atoms with Gasteiger partial charge in [-0.2, -0.15) is 0 Å². The van der Waals surface area contributed by atoms with E-state index in [9.17, 15) is 14.7 Å². The first-order chi connectivity index (χ1) is 12.6. The van der Waals surface area contributed by atoms with Crippen molar-refractivity contribution in [3.63, 3.8) is 0 Å². The van der Waals surface area contributed by atoms with Crippen LogP contribution in [0.2, 0.25) is 0 Å². The number of furan rings is 1. The zero-order valence-corrected chi connectivity index (χ0v) is 16.7. The first-order valence-corrected chi connectivity index (χ1v) is 8.93. The molecule has 1 aromatic carbocycles. The minimum Gasteiger partial charge on any atom is -0.496 e. The maximum Gasteiger partial charge on any atom is 0.326 e. The number of nitrogens with one attached hydrogen (secondary N) is 1. The van der Waals surface area contributed by atoms with Crippen molar-refractivity contribution in [1.29, 1.82) is 0 Å². The Morgan fingerprint density at radius 1 is 1.33 bits per heavy atom. The second kappa shape index (κ2) is 8.29. The van der Waals surface area contributed by atoms with Crippen molar-refractivity contribution in [2.45, 2.75) is 47.1 Å². The number of benzene rings is 1. The highest BCUT2D eigenvalue weighted by molar-refractivity contribution is 5.99. The molecule has 0 aliphatic rings. The molecule has 0 spiro atoms. The molecular formula is C21H27NO5. The van der Waals surface area contributed by atoms with Crippen LogP contribution in [-0.4, -0.2) is 30.1 Å². The number of rotatable bonds is 7. The summed E-state index contributed by atoms with van der Waals surface area (Å²) in [5.41, 5.74) is 4.07. The van der Waals surface area contributed by atoms with Gasteiger partial charge in [0.25, 0.3) is 0 Å². The SMILES string of the molecule is COc1c(/C(C)=C/C(=O)NC(CC(C)C)C(=O)O)cc2c(C)coc2c1C. The number of methoxy groups -OCH3 is 1. The number of carbonyl (C=O) groups is 2. The number of carbonyl (C=O) groups excluding carboxylic acids is 1. The number of amides is 1. The van der Waals surface area contributed by atoms with Gasteiger partial charge in [0.2, 0.25) is 5.91 Å². The lowest BCUT2D eigenvalue weighted by Crippen LogP contribution is -2.40. The lowest BCUT2D eigenvalue weighted by molar-refractivity contribution is -0.141. The highest BCUT2D eigenvalue weighted by atomic mass is 16.5. The molecule has 1 unspecified atom stereocenters. The van der Waals surface area contributed by atoms with E-state index in [-0.39, 0.29) is 5.92 Å². The van der Waals surface area contributed by atoms with Crippen LogP contribution >= 0.6 is 0 Å². The Balaban J connectivity index is 2.38. The zero-order chi connectivity index (χ0) is 20.3. The first kappa shape index (κ1) is 20.6. The van der Waals surface area contributed by atoms with E-state index >= 15 is 0 Å². The molecule has 1 heterocycles. The fraction of sp³-hybridized carbons (Fsp3) is 0.429. The van der Waals surface area contributed by atoms with Crippen molar-refractivity contribution in [3.05, 3.63) is 35.1 Å². The van der Waals surface area contributed by atoms with Crippen molar-refractivity contribution in [1.82, 2.24) is 5.32 Å². The number of carboxylic acid groups (broad SMARTS) is 1. The molecule has 0 aliphatic carbocycles. The third-order valence-electron chi connectivity index (χ3n) is 4.54. The summed E-state index contributed by atoms with van der Waals surface area (Å²) in [6.45, 7) is 9.50. The van der Waals surface area contributed by atoms with Crippen LogP contribution in [-0.2, 0) is 9.59 Å². The van der Waals surface area contributed by atoms with Gasteiger partial charge in [0, 0.05) is 22.6 Å². The smallest absolute Gasteiger partial charge is 0.326 e. The molecule has 0 saturated heterocycles. The van der Waals surface area contributed by atoms with Gasteiger partial charge in [0.1, 0.15) is 17.4 Å². The molecule has 0 radical (unpaired) electrons. The van der Waals surface area contributed by atoms with Crippen molar-refractivity contribution in [2.24, 2.45) is 5.92 Å². The Morgan fingerprint density at radius 2 is 2.00 bits per heavy atom. The molecule has 2 aromatic rings. The molecule has 146 valence electrons. The first-order valence-electron chi connectivity index (χ1n) is 8.93. The maximum absolute atomic E-state index is 12.4. The summed E-state index contributed by atoms with van der Waals surface area (Å²) >= 11 is 0. The molecule has 6 heteroatoms. The normalized spacial score (nSPS) is 13.1. The van der Waals surface area contributed by atoms with E-state index in [4.69, 9.17) is 9.15 Å². The van der Waals surface area contributed by atoms with Crippen LogP contribution in [0.1, 0.15) is 43.9 Å². The fourth-order valence-corrected chi connectivity index (χ4v) is 3.17. The van der Waals surface area contributed by atoms with Crippen molar-refractivity contribution in [3.8, 4) is 5.75 Å². The highest BCUT2D eigenvalue weighted by Crippen LogP contribution is 2.37. The molecule has 6 nitrogen and oxygen atoms in total. The summed E-state index contributed by atoms with van der Waals surface area (Å²) < 4.78 is 11.2. The lowest BCUT2D eigenvalue weighted by Gasteiger charge is -2.16. The zero-order valence-electron chi connectivity index (χ0n) is 16.7. The number of aryl methyl sites for hydroxylation is 2. The average molecular weight is 373 g/mol. The monoisotopic (exact) mass is 373 g/mol. The Morgan fingerprint density at radius 3 is 2.56 bits per heavy atom. The Labute approximate surface area is 159 Å². The van der Waals surface area contributed by atoms with Gasteiger partial charge in [-0.05, 0) is 50.3 Å². The number of aliphatic carboxylic acids is 1. The van der Waals surface area contributed by atoms with Crippen LogP contribution in [0.3, 0.4) is 0 Å². The molecule has 2 rings (SSSR count). The van der Waals surface area contributed by atoms with Gasteiger partial charge in [0.05, 0.1) is 13.4 Å². The van der Waals surface area contributed by atoms with E-state index < -0.39 is 17.9 Å². The largest absolute Gasteiger partial charge is 0.496 e. The molecule has 2 N–H and O–H groups in total. The van der Waals surface area contributed by atoms with E-state index in [0.29, 0.717) is 17.7 Å². The average Bonchev–Trinajstić information content (AvgIpc) is 2.95. The number of carboxylic acids is 1. The third kappa shape index (κ3) is 4.51. The summed E-state index contributed by atoms with van der Waals surface area (Å²) in [6.07, 6.45) is 3.47. The van der Waals surface area contributed by atoms with E-state index in [1.165, 1.54) is 6.08 Å². The van der Waals surface area contributed by atoms with Crippen molar-refractivity contribution < 1.29 is 23.8 Å². The molecule has 1 aromatic heterocycles. The van der Waals surface area contributed by atoms with E-state index in [2.05, 4.69) is 5.32 Å². The summed E-state index contributed by atoms with van der Waals surface area (Å²) in [7, 11) is 1.57. The molecular weight excluding hydrogens is 346 g/mol. The van der Waals surface area contributed by atoms with E-state index in [1.54, 1.807) is 20.3 Å². The van der Waals surface area contributed by atoms with Crippen LogP contribution in [0.25, 0.3) is 16.5 Å². The molecule has 0 fully saturated rings. The Hall–Kier alpha value is -2.76. The Bertz CT molecular complexity index is 892. The van der Waals surface area contributed by atoms with E-state index in [1.807, 2.05) is 33.8 Å². The number of allylic oxidation sites excluding steroid dienone is 1. The van der Waals surface area contributed by atoms with Gasteiger partial charge in [-0.3, -0.25) is 4.79 Å². The molecule has 1 amide bonds. The maximum atomic E-state index is 12.4. The fourth-order valence-electron chi connectivity index (χ4n) is 3.17. The molecule has 0 aliphatic heterocycles. The molecule has 1 atom stereocenters. The minimum atomic E-state index is -1.04. The van der Waals surface area contributed by atoms with Crippen LogP contribution in [0, 0.1) is 19.8 Å². The minimum absolute atomic E-state index is 0.158. The highest BCUT2D eigenvalue weighted by Gasteiger charge is 2.21. The predicted molar refractivity (Wildman–Crippen MR) is 105 cm³/mol. The summed E-state index contributed by atoms with van der Waals surface area (Å²) in [5.74, 6) is -0.683. The number of fused-ring (bicyclic) bond motifs is 1. The van der Waals surface area contributed by atoms with Gasteiger partial charge in [0.15, 0.2) is 0 Å². The predicted octanol–water partition coefficient (Wildman–Crippen LogP) is 4.08. The number of hydrogen-bond donors (Lipinski definition) is 2. The molecule has 0 saturated carbocycles. The van der Waals surface area contributed by atoms with Crippen LogP contribution in [0.15, 0.2) is 22.8 Å². The topological polar surface area (TPSA) is 88.8 Å². The van der Waals surface area contributed by atoms with Gasteiger partial charge in [-0.1, -0.05) is 13.8 Å². The summed E-state index contributed by atoms with van der Waals surface area (Å²) in [6, 6.07) is 1.02. The van der Waals surface area contributed by atoms with Gasteiger partial charge >= 0.3 is 5.97 Å². The Kier molecular flexibility index (Phi) is 6.31. The van der Waals surface area contributed by atoms with Crippen LogP contribution < -0.4 is 10.1 Å². The van der Waals surface area contributed by atoms with Crippen molar-refractivity contribution in [2.75, 3.05) is 7.11 Å². The van der Waals surface area contributed by atoms with Crippen LogP contribution in [0.4, 0.5) is 0 Å². The number of hydrogen-bond acceptors (Lipinski definition) is 4.